The van der Waals surface area contributed by atoms with Crippen molar-refractivity contribution in [2.45, 2.75) is 69.2 Å². The van der Waals surface area contributed by atoms with Gasteiger partial charge in [0.05, 0.1) is 25.4 Å². The van der Waals surface area contributed by atoms with Crippen LogP contribution in [0.2, 0.25) is 0 Å². The van der Waals surface area contributed by atoms with E-state index in [-0.39, 0.29) is 36.5 Å². The van der Waals surface area contributed by atoms with Crippen LogP contribution in [0.5, 0.6) is 11.5 Å². The predicted octanol–water partition coefficient (Wildman–Crippen LogP) is 7.97. The summed E-state index contributed by atoms with van der Waals surface area (Å²) in [5, 5.41) is 9.01. The van der Waals surface area contributed by atoms with E-state index in [9.17, 15) is 4.39 Å². The van der Waals surface area contributed by atoms with E-state index in [1.165, 1.54) is 16.7 Å². The molecule has 0 amide bonds. The van der Waals surface area contributed by atoms with E-state index in [4.69, 9.17) is 19.3 Å². The number of hydrogen-bond donors (Lipinski definition) is 1. The summed E-state index contributed by atoms with van der Waals surface area (Å²) in [7, 11) is 0. The second-order valence-corrected chi connectivity index (χ2v) is 11.5. The van der Waals surface area contributed by atoms with E-state index in [1.54, 1.807) is 12.1 Å². The lowest BCUT2D eigenvalue weighted by molar-refractivity contribution is -0.0112. The Morgan fingerprint density at radius 3 is 2.14 bits per heavy atom. The van der Waals surface area contributed by atoms with Crippen molar-refractivity contribution in [3.8, 4) is 11.5 Å². The molecule has 0 aliphatic heterocycles. The summed E-state index contributed by atoms with van der Waals surface area (Å²) in [6, 6.07) is 32.3. The van der Waals surface area contributed by atoms with E-state index in [0.29, 0.717) is 13.2 Å². The maximum absolute atomic E-state index is 13.8. The van der Waals surface area contributed by atoms with Gasteiger partial charge in [-0.25, -0.2) is 4.39 Å². The number of benzene rings is 4. The second-order valence-electron chi connectivity index (χ2n) is 11.5. The lowest BCUT2D eigenvalue weighted by Crippen LogP contribution is -2.29. The number of aryl methyl sites for hydroxylation is 1. The summed E-state index contributed by atoms with van der Waals surface area (Å²) in [6.45, 7) is 1.02. The summed E-state index contributed by atoms with van der Waals surface area (Å²) in [5.41, 5.74) is 6.16. The summed E-state index contributed by atoms with van der Waals surface area (Å²) in [4.78, 5) is 0. The molecule has 4 aromatic carbocycles. The van der Waals surface area contributed by atoms with Gasteiger partial charge in [0.25, 0.3) is 0 Å². The van der Waals surface area contributed by atoms with Crippen LogP contribution in [0.1, 0.15) is 71.8 Å². The third-order valence-electron chi connectivity index (χ3n) is 8.73. The van der Waals surface area contributed by atoms with Gasteiger partial charge in [-0.2, -0.15) is 0 Å². The molecule has 1 N–H and O–H groups in total. The van der Waals surface area contributed by atoms with Gasteiger partial charge in [0.15, 0.2) is 0 Å². The average Bonchev–Trinajstić information content (AvgIpc) is 3.04. The molecule has 42 heavy (non-hydrogen) atoms. The molecule has 1 saturated carbocycles. The van der Waals surface area contributed by atoms with Crippen LogP contribution < -0.4 is 9.47 Å². The molecule has 5 heteroatoms. The Balaban J connectivity index is 1.20. The molecule has 2 aliphatic carbocycles. The maximum atomic E-state index is 13.8. The largest absolute Gasteiger partial charge is 0.490 e. The quantitative estimate of drug-likeness (QED) is 0.212. The van der Waals surface area contributed by atoms with Crippen molar-refractivity contribution in [2.75, 3.05) is 13.2 Å². The first-order valence-electron chi connectivity index (χ1n) is 15.2. The molecular formula is C37H39FO4. The summed E-state index contributed by atoms with van der Waals surface area (Å²) in [6.07, 6.45) is 6.15. The lowest BCUT2D eigenvalue weighted by Gasteiger charge is -2.35. The second kappa shape index (κ2) is 13.5. The van der Waals surface area contributed by atoms with Gasteiger partial charge in [0, 0.05) is 5.92 Å². The minimum atomic E-state index is -0.206. The van der Waals surface area contributed by atoms with Crippen LogP contribution in [0.25, 0.3) is 0 Å². The van der Waals surface area contributed by atoms with Crippen LogP contribution in [0.3, 0.4) is 0 Å². The number of ether oxygens (including phenoxy) is 3. The highest BCUT2D eigenvalue weighted by atomic mass is 19.1. The highest BCUT2D eigenvalue weighted by Gasteiger charge is 2.32. The Morgan fingerprint density at radius 2 is 1.40 bits per heavy atom. The number of aliphatic hydroxyl groups is 1. The van der Waals surface area contributed by atoms with Gasteiger partial charge in [-0.05, 0) is 109 Å². The third kappa shape index (κ3) is 6.86. The van der Waals surface area contributed by atoms with Crippen molar-refractivity contribution in [3.05, 3.63) is 131 Å². The van der Waals surface area contributed by atoms with Crippen LogP contribution in [0.15, 0.2) is 97.1 Å². The number of fused-ring (bicyclic) bond motifs is 1. The molecule has 218 valence electrons. The smallest absolute Gasteiger partial charge is 0.123 e. The first kappa shape index (κ1) is 28.4. The van der Waals surface area contributed by atoms with Crippen molar-refractivity contribution in [2.24, 2.45) is 0 Å². The van der Waals surface area contributed by atoms with Crippen LogP contribution in [0.4, 0.5) is 4.39 Å². The Morgan fingerprint density at radius 1 is 0.714 bits per heavy atom. The van der Waals surface area contributed by atoms with Gasteiger partial charge in [0.2, 0.25) is 0 Å². The number of halogens is 1. The molecular weight excluding hydrogens is 527 g/mol. The van der Waals surface area contributed by atoms with Crippen molar-refractivity contribution in [1.29, 1.82) is 0 Å². The van der Waals surface area contributed by atoms with E-state index < -0.39 is 0 Å². The molecule has 1 unspecified atom stereocenters. The van der Waals surface area contributed by atoms with Crippen LogP contribution in [-0.2, 0) is 17.8 Å². The maximum Gasteiger partial charge on any atom is 0.123 e. The average molecular weight is 567 g/mol. The molecule has 4 aromatic rings. The Hall–Kier alpha value is -3.67. The molecule has 0 spiro atoms. The molecule has 0 radical (unpaired) electrons. The van der Waals surface area contributed by atoms with Crippen molar-refractivity contribution in [1.82, 2.24) is 0 Å². The van der Waals surface area contributed by atoms with Gasteiger partial charge >= 0.3 is 0 Å². The van der Waals surface area contributed by atoms with E-state index in [0.717, 1.165) is 61.2 Å². The van der Waals surface area contributed by atoms with Crippen molar-refractivity contribution >= 4 is 0 Å². The fraction of sp³-hybridized carbons (Fsp3) is 0.351. The highest BCUT2D eigenvalue weighted by Crippen LogP contribution is 2.47. The van der Waals surface area contributed by atoms with Gasteiger partial charge in [-0.3, -0.25) is 0 Å². The van der Waals surface area contributed by atoms with Crippen molar-refractivity contribution < 1.29 is 23.7 Å². The molecule has 2 atom stereocenters. The van der Waals surface area contributed by atoms with Gasteiger partial charge in [-0.15, -0.1) is 0 Å². The van der Waals surface area contributed by atoms with Crippen molar-refractivity contribution in [3.63, 3.8) is 0 Å². The van der Waals surface area contributed by atoms with Gasteiger partial charge in [-0.1, -0.05) is 60.7 Å². The molecule has 4 nitrogen and oxygen atoms in total. The molecule has 2 aliphatic rings. The monoisotopic (exact) mass is 566 g/mol. The van der Waals surface area contributed by atoms with Gasteiger partial charge < -0.3 is 19.3 Å². The molecule has 6 rings (SSSR count). The first-order chi connectivity index (χ1) is 20.7. The topological polar surface area (TPSA) is 47.9 Å². The third-order valence-corrected chi connectivity index (χ3v) is 8.73. The number of hydrogen-bond acceptors (Lipinski definition) is 4. The highest BCUT2D eigenvalue weighted by molar-refractivity contribution is 5.48. The number of aliphatic hydroxyl groups excluding tert-OH is 1. The van der Waals surface area contributed by atoms with Crippen LogP contribution in [0, 0.1) is 5.82 Å². The predicted molar refractivity (Wildman–Crippen MR) is 163 cm³/mol. The van der Waals surface area contributed by atoms with Crippen LogP contribution in [-0.4, -0.2) is 30.5 Å². The fourth-order valence-electron chi connectivity index (χ4n) is 6.59. The summed E-state index contributed by atoms with van der Waals surface area (Å²) < 4.78 is 32.0. The number of rotatable bonds is 10. The standard InChI is InChI=1S/C37H39FO4/c38-30-11-6-27(7-12-30)35-20-10-29-24-34(41-25-26-4-2-1-3-5-26)19-21-36(29)37(35)28-8-13-32(14-9-28)42-33-17-15-31(16-18-33)40-23-22-39/h1-9,11-14,19,21,24,31,33,35,37,39H,10,15-18,20,22-23,25H2/t31?,33?,35?,37-/m0/s1. The van der Waals surface area contributed by atoms with E-state index >= 15 is 0 Å². The van der Waals surface area contributed by atoms with E-state index in [2.05, 4.69) is 54.6 Å². The van der Waals surface area contributed by atoms with E-state index in [1.807, 2.05) is 30.3 Å². The van der Waals surface area contributed by atoms with Gasteiger partial charge in [0.1, 0.15) is 23.9 Å². The fourth-order valence-corrected chi connectivity index (χ4v) is 6.59. The Kier molecular flexibility index (Phi) is 9.17. The zero-order valence-corrected chi connectivity index (χ0v) is 24.0. The Labute approximate surface area is 248 Å². The Bertz CT molecular complexity index is 1410. The zero-order chi connectivity index (χ0) is 28.7. The summed E-state index contributed by atoms with van der Waals surface area (Å²) in [5.74, 6) is 1.96. The SMILES string of the molecule is OCCOC1CCC(Oc2ccc([C@@H]3c4ccc(OCc5ccccc5)cc4CCC3c3ccc(F)cc3)cc2)CC1. The first-order valence-corrected chi connectivity index (χ1v) is 15.2. The molecule has 1 fully saturated rings. The zero-order valence-electron chi connectivity index (χ0n) is 24.0. The molecule has 0 heterocycles. The minimum absolute atomic E-state index is 0.0689. The minimum Gasteiger partial charge on any atom is -0.490 e. The molecule has 0 aromatic heterocycles. The normalized spacial score (nSPS) is 21.9. The van der Waals surface area contributed by atoms with Crippen LogP contribution >= 0.6 is 0 Å². The lowest BCUT2D eigenvalue weighted by atomic mass is 9.69. The molecule has 0 saturated heterocycles. The summed E-state index contributed by atoms with van der Waals surface area (Å²) >= 11 is 0. The molecule has 0 bridgehead atoms.